The largest absolute Gasteiger partial charge is 0.310 e. The summed E-state index contributed by atoms with van der Waals surface area (Å²) >= 11 is 0. The molecule has 0 aliphatic heterocycles. The van der Waals surface area contributed by atoms with Crippen LogP contribution in [0.4, 0.5) is 5.69 Å². The van der Waals surface area contributed by atoms with E-state index in [9.17, 15) is 0 Å². The molecule has 0 N–H and O–H groups in total. The van der Waals surface area contributed by atoms with Gasteiger partial charge in [0.15, 0.2) is 5.69 Å². The Bertz CT molecular complexity index is 3930. The molecule has 13 aromatic rings. The number of para-hydroxylation sites is 5. The monoisotopic (exact) mass is 763 g/mol. The number of nitrogens with zero attached hydrogens (tertiary/aromatic N) is 5. The Hall–Kier alpha value is -8.33. The molecule has 13 rings (SSSR count). The summed E-state index contributed by atoms with van der Waals surface area (Å²) in [4.78, 5) is 4.05. The molecule has 0 atom stereocenters. The molecule has 5 heteroatoms. The molecule has 0 amide bonds. The second kappa shape index (κ2) is 12.3. The van der Waals surface area contributed by atoms with Crippen LogP contribution in [0.5, 0.6) is 0 Å². The van der Waals surface area contributed by atoms with Gasteiger partial charge in [-0.05, 0) is 90.3 Å². The molecule has 0 saturated carbocycles. The Labute approximate surface area is 344 Å². The van der Waals surface area contributed by atoms with E-state index in [1.54, 1.807) is 0 Å². The number of aromatic nitrogens is 4. The fourth-order valence-corrected chi connectivity index (χ4v) is 10.2. The van der Waals surface area contributed by atoms with Gasteiger partial charge in [-0.25, -0.2) is 4.85 Å². The summed E-state index contributed by atoms with van der Waals surface area (Å²) in [6.45, 7) is 8.23. The molecule has 4 aromatic heterocycles. The van der Waals surface area contributed by atoms with E-state index in [0.717, 1.165) is 71.9 Å². The van der Waals surface area contributed by atoms with Crippen LogP contribution in [0, 0.1) is 6.57 Å². The summed E-state index contributed by atoms with van der Waals surface area (Å²) in [5.74, 6) is 0. The van der Waals surface area contributed by atoms with Crippen LogP contribution >= 0.6 is 0 Å². The summed E-state index contributed by atoms with van der Waals surface area (Å²) in [5, 5.41) is 9.23. The fraction of sp³-hybridized carbons (Fsp3) is 0. The summed E-state index contributed by atoms with van der Waals surface area (Å²) < 4.78 is 9.66. The third-order valence-electron chi connectivity index (χ3n) is 12.5. The lowest BCUT2D eigenvalue weighted by Crippen LogP contribution is -1.96. The van der Waals surface area contributed by atoms with Gasteiger partial charge in [0.2, 0.25) is 0 Å². The van der Waals surface area contributed by atoms with Crippen molar-refractivity contribution >= 4 is 92.9 Å². The van der Waals surface area contributed by atoms with E-state index in [1.807, 2.05) is 12.1 Å². The van der Waals surface area contributed by atoms with Crippen LogP contribution in [-0.4, -0.2) is 18.3 Å². The molecule has 0 spiro atoms. The van der Waals surface area contributed by atoms with E-state index < -0.39 is 0 Å². The van der Waals surface area contributed by atoms with Crippen LogP contribution in [0.2, 0.25) is 0 Å². The third kappa shape index (κ3) is 4.34. The summed E-state index contributed by atoms with van der Waals surface area (Å²) in [6, 6.07) is 71.7. The van der Waals surface area contributed by atoms with E-state index in [4.69, 9.17) is 6.57 Å². The van der Waals surface area contributed by atoms with Gasteiger partial charge in [-0.15, -0.1) is 0 Å². The Morgan fingerprint density at radius 2 is 0.733 bits per heavy atom. The predicted octanol–water partition coefficient (Wildman–Crippen LogP) is 14.6. The zero-order valence-electron chi connectivity index (χ0n) is 32.3. The molecule has 0 unspecified atom stereocenters. The van der Waals surface area contributed by atoms with Gasteiger partial charge in [0, 0.05) is 66.0 Å². The van der Waals surface area contributed by atoms with Crippen LogP contribution in [0.3, 0.4) is 0 Å². The molecule has 0 aliphatic rings. The number of hydrogen-bond donors (Lipinski definition) is 0. The van der Waals surface area contributed by atoms with Crippen LogP contribution < -0.4 is 0 Å². The molecule has 0 saturated heterocycles. The highest BCUT2D eigenvalue weighted by molar-refractivity contribution is 6.29. The van der Waals surface area contributed by atoms with E-state index in [-0.39, 0.29) is 0 Å². The minimum Gasteiger partial charge on any atom is -0.310 e. The fourth-order valence-electron chi connectivity index (χ4n) is 10.2. The van der Waals surface area contributed by atoms with Crippen molar-refractivity contribution in [1.29, 1.82) is 0 Å². The molecule has 0 bridgehead atoms. The van der Waals surface area contributed by atoms with Crippen LogP contribution in [0.25, 0.3) is 115 Å². The third-order valence-corrected chi connectivity index (χ3v) is 12.5. The van der Waals surface area contributed by atoms with Crippen LogP contribution in [0.1, 0.15) is 0 Å². The highest BCUT2D eigenvalue weighted by Crippen LogP contribution is 2.46. The molecular weight excluding hydrogens is 731 g/mol. The average Bonchev–Trinajstić information content (AvgIpc) is 4.04. The maximum absolute atomic E-state index is 8.23. The standard InChI is InChI=1S/C55H33N5/c1-56-44-24-15-27-48-51(44)42-30-33-50-53(55(42)59(48)37-20-9-4-10-21-37)43-34-38(28-31-47(43)58(50)36-18-7-3-8-19-36)60-45-25-13-11-22-39(45)40-29-32-49-52(54(40)60)41-23-12-14-26-46(41)57(49)35-16-5-2-6-17-35/h2-34H. The van der Waals surface area contributed by atoms with Crippen molar-refractivity contribution in [2.75, 3.05) is 0 Å². The molecule has 0 aliphatic carbocycles. The zero-order chi connectivity index (χ0) is 39.5. The van der Waals surface area contributed by atoms with E-state index >= 15 is 0 Å². The van der Waals surface area contributed by atoms with E-state index in [2.05, 4.69) is 211 Å². The van der Waals surface area contributed by atoms with Crippen molar-refractivity contribution in [3.8, 4) is 22.7 Å². The van der Waals surface area contributed by atoms with E-state index in [0.29, 0.717) is 5.69 Å². The van der Waals surface area contributed by atoms with Crippen LogP contribution in [0.15, 0.2) is 200 Å². The zero-order valence-corrected chi connectivity index (χ0v) is 32.3. The lowest BCUT2D eigenvalue weighted by molar-refractivity contribution is 1.16. The second-order valence-electron chi connectivity index (χ2n) is 15.6. The first-order valence-electron chi connectivity index (χ1n) is 20.3. The Balaban J connectivity index is 1.22. The lowest BCUT2D eigenvalue weighted by Gasteiger charge is -2.11. The minimum absolute atomic E-state index is 0.656. The SMILES string of the molecule is [C-]#[N+]c1cccc2c1c1ccc3c(c4cc(-n5c6ccccc6c6ccc7c(c8ccccc8n7-c7ccccc7)c65)ccc4n3-c3ccccc3)c1n2-c1ccccc1. The maximum atomic E-state index is 8.23. The molecule has 9 aromatic carbocycles. The summed E-state index contributed by atoms with van der Waals surface area (Å²) in [7, 11) is 0. The normalized spacial score (nSPS) is 12.0. The van der Waals surface area contributed by atoms with E-state index in [1.165, 1.54) is 38.1 Å². The first kappa shape index (κ1) is 32.7. The molecule has 4 heterocycles. The average molecular weight is 764 g/mol. The highest BCUT2D eigenvalue weighted by atomic mass is 15.0. The quantitative estimate of drug-likeness (QED) is 0.159. The van der Waals surface area contributed by atoms with Gasteiger partial charge < -0.3 is 18.3 Å². The van der Waals surface area contributed by atoms with Crippen LogP contribution in [-0.2, 0) is 0 Å². The second-order valence-corrected chi connectivity index (χ2v) is 15.6. The van der Waals surface area contributed by atoms with Gasteiger partial charge in [-0.3, -0.25) is 0 Å². The summed E-state index contributed by atoms with van der Waals surface area (Å²) in [5.41, 5.74) is 14.1. The van der Waals surface area contributed by atoms with Crippen molar-refractivity contribution in [2.24, 2.45) is 0 Å². The topological polar surface area (TPSA) is 24.1 Å². The first-order valence-corrected chi connectivity index (χ1v) is 20.3. The maximum Gasteiger partial charge on any atom is 0.197 e. The number of fused-ring (bicyclic) bond motifs is 14. The lowest BCUT2D eigenvalue weighted by atomic mass is 10.1. The molecule has 0 fully saturated rings. The minimum atomic E-state index is 0.656. The van der Waals surface area contributed by atoms with Gasteiger partial charge in [-0.1, -0.05) is 115 Å². The smallest absolute Gasteiger partial charge is 0.197 e. The number of hydrogen-bond acceptors (Lipinski definition) is 0. The molecule has 5 nitrogen and oxygen atoms in total. The van der Waals surface area contributed by atoms with Crippen molar-refractivity contribution < 1.29 is 0 Å². The van der Waals surface area contributed by atoms with Crippen molar-refractivity contribution in [2.45, 2.75) is 0 Å². The Kier molecular flexibility index (Phi) is 6.73. The Morgan fingerprint density at radius 1 is 0.283 bits per heavy atom. The summed E-state index contributed by atoms with van der Waals surface area (Å²) in [6.07, 6.45) is 0. The molecular formula is C55H33N5. The number of benzene rings is 9. The van der Waals surface area contributed by atoms with Crippen molar-refractivity contribution in [3.05, 3.63) is 212 Å². The van der Waals surface area contributed by atoms with Crippen molar-refractivity contribution in [1.82, 2.24) is 18.3 Å². The van der Waals surface area contributed by atoms with Gasteiger partial charge >= 0.3 is 0 Å². The van der Waals surface area contributed by atoms with Gasteiger partial charge in [0.05, 0.1) is 45.2 Å². The number of rotatable bonds is 4. The predicted molar refractivity (Wildman–Crippen MR) is 250 cm³/mol. The Morgan fingerprint density at radius 3 is 1.38 bits per heavy atom. The molecule has 60 heavy (non-hydrogen) atoms. The molecule has 278 valence electrons. The molecule has 0 radical (unpaired) electrons. The highest BCUT2D eigenvalue weighted by Gasteiger charge is 2.25. The van der Waals surface area contributed by atoms with Gasteiger partial charge in [0.1, 0.15) is 0 Å². The van der Waals surface area contributed by atoms with Gasteiger partial charge in [-0.2, -0.15) is 0 Å². The first-order chi connectivity index (χ1) is 29.8. The van der Waals surface area contributed by atoms with Gasteiger partial charge in [0.25, 0.3) is 0 Å². The van der Waals surface area contributed by atoms with Crippen molar-refractivity contribution in [3.63, 3.8) is 0 Å².